The van der Waals surface area contributed by atoms with Gasteiger partial charge in [-0.1, -0.05) is 29.4 Å². The molecule has 1 aromatic heterocycles. The van der Waals surface area contributed by atoms with Crippen LogP contribution in [-0.2, 0) is 6.61 Å². The minimum atomic E-state index is 0.259. The Bertz CT molecular complexity index is 738. The minimum Gasteiger partial charge on any atom is -0.485 e. The number of hydrogen-bond donors (Lipinski definition) is 1. The molecule has 0 amide bonds. The summed E-state index contributed by atoms with van der Waals surface area (Å²) in [5, 5.41) is 3.93. The number of rotatable bonds is 4. The van der Waals surface area contributed by atoms with E-state index in [1.54, 1.807) is 0 Å². The van der Waals surface area contributed by atoms with E-state index in [0.29, 0.717) is 17.4 Å². The van der Waals surface area contributed by atoms with Crippen molar-refractivity contribution < 1.29 is 9.26 Å². The van der Waals surface area contributed by atoms with Gasteiger partial charge in [-0.3, -0.25) is 0 Å². The van der Waals surface area contributed by atoms with Crippen LogP contribution in [0.4, 0.5) is 5.69 Å². The molecule has 5 heteroatoms. The summed E-state index contributed by atoms with van der Waals surface area (Å²) in [6.07, 6.45) is 0. The molecule has 0 saturated heterocycles. The van der Waals surface area contributed by atoms with Crippen LogP contribution >= 0.6 is 0 Å². The fourth-order valence-electron chi connectivity index (χ4n) is 1.96. The van der Waals surface area contributed by atoms with Crippen molar-refractivity contribution in [2.24, 2.45) is 0 Å². The first kappa shape index (κ1) is 13.2. The summed E-state index contributed by atoms with van der Waals surface area (Å²) in [6.45, 7) is 2.23. The lowest BCUT2D eigenvalue weighted by Crippen LogP contribution is -1.97. The zero-order chi connectivity index (χ0) is 14.7. The highest BCUT2D eigenvalue weighted by molar-refractivity contribution is 5.63. The Balaban J connectivity index is 1.76. The van der Waals surface area contributed by atoms with E-state index in [-0.39, 0.29) is 6.61 Å². The number of benzene rings is 2. The Morgan fingerprint density at radius 1 is 1.14 bits per heavy atom. The van der Waals surface area contributed by atoms with E-state index in [9.17, 15) is 0 Å². The van der Waals surface area contributed by atoms with Crippen molar-refractivity contribution in [2.45, 2.75) is 13.5 Å². The van der Waals surface area contributed by atoms with Crippen molar-refractivity contribution in [3.63, 3.8) is 0 Å². The maximum Gasteiger partial charge on any atom is 0.258 e. The summed E-state index contributed by atoms with van der Waals surface area (Å²) < 4.78 is 10.9. The van der Waals surface area contributed by atoms with Crippen molar-refractivity contribution in [3.8, 4) is 17.2 Å². The highest BCUT2D eigenvalue weighted by atomic mass is 16.5. The Labute approximate surface area is 122 Å². The predicted octanol–water partition coefficient (Wildman–Crippen LogP) is 3.21. The number of aromatic nitrogens is 2. The van der Waals surface area contributed by atoms with E-state index in [4.69, 9.17) is 15.0 Å². The minimum absolute atomic E-state index is 0.259. The van der Waals surface area contributed by atoms with Crippen LogP contribution in [0.25, 0.3) is 11.5 Å². The number of hydrogen-bond acceptors (Lipinski definition) is 5. The Morgan fingerprint density at radius 3 is 2.76 bits per heavy atom. The SMILES string of the molecule is Cc1ccc(N)cc1-c1nc(COc2ccccc2)no1. The van der Waals surface area contributed by atoms with Gasteiger partial charge in [-0.25, -0.2) is 0 Å². The van der Waals surface area contributed by atoms with Crippen molar-refractivity contribution >= 4 is 5.69 Å². The van der Waals surface area contributed by atoms with Gasteiger partial charge in [-0.2, -0.15) is 4.98 Å². The molecule has 21 heavy (non-hydrogen) atoms. The van der Waals surface area contributed by atoms with Crippen LogP contribution in [0.2, 0.25) is 0 Å². The van der Waals surface area contributed by atoms with Crippen LogP contribution in [0.5, 0.6) is 5.75 Å². The number of ether oxygens (including phenoxy) is 1. The van der Waals surface area contributed by atoms with Crippen molar-refractivity contribution in [2.75, 3.05) is 5.73 Å². The summed E-state index contributed by atoms with van der Waals surface area (Å²) in [5.74, 6) is 1.71. The number of nitrogen functional groups attached to an aromatic ring is 1. The fourth-order valence-corrected chi connectivity index (χ4v) is 1.96. The molecule has 2 aromatic carbocycles. The van der Waals surface area contributed by atoms with Crippen LogP contribution in [0, 0.1) is 6.92 Å². The van der Waals surface area contributed by atoms with Gasteiger partial charge in [0.15, 0.2) is 6.61 Å². The second-order valence-electron chi connectivity index (χ2n) is 4.69. The highest BCUT2D eigenvalue weighted by Crippen LogP contribution is 2.24. The molecule has 106 valence electrons. The summed E-state index contributed by atoms with van der Waals surface area (Å²) in [7, 11) is 0. The van der Waals surface area contributed by atoms with E-state index in [1.165, 1.54) is 0 Å². The highest BCUT2D eigenvalue weighted by Gasteiger charge is 2.12. The Morgan fingerprint density at radius 2 is 1.95 bits per heavy atom. The number of aryl methyl sites for hydroxylation is 1. The molecular weight excluding hydrogens is 266 g/mol. The second kappa shape index (κ2) is 5.66. The summed E-state index contributed by atoms with van der Waals surface area (Å²) in [5.41, 5.74) is 8.33. The number of anilines is 1. The van der Waals surface area contributed by atoms with Crippen LogP contribution in [-0.4, -0.2) is 10.1 Å². The van der Waals surface area contributed by atoms with Gasteiger partial charge >= 0.3 is 0 Å². The molecule has 0 aliphatic rings. The molecule has 0 aliphatic heterocycles. The van der Waals surface area contributed by atoms with Gasteiger partial charge in [0.05, 0.1) is 0 Å². The molecule has 5 nitrogen and oxygen atoms in total. The lowest BCUT2D eigenvalue weighted by molar-refractivity contribution is 0.287. The molecule has 1 heterocycles. The van der Waals surface area contributed by atoms with E-state index >= 15 is 0 Å². The average Bonchev–Trinajstić information content (AvgIpc) is 2.97. The first-order chi connectivity index (χ1) is 10.2. The molecule has 2 N–H and O–H groups in total. The Kier molecular flexibility index (Phi) is 3.55. The molecule has 0 bridgehead atoms. The second-order valence-corrected chi connectivity index (χ2v) is 4.69. The monoisotopic (exact) mass is 281 g/mol. The van der Waals surface area contributed by atoms with Crippen LogP contribution in [0.1, 0.15) is 11.4 Å². The maximum atomic E-state index is 5.79. The third-order valence-electron chi connectivity index (χ3n) is 3.07. The van der Waals surface area contributed by atoms with Crippen molar-refractivity contribution in [1.82, 2.24) is 10.1 Å². The first-order valence-electron chi connectivity index (χ1n) is 6.59. The molecule has 0 spiro atoms. The zero-order valence-corrected chi connectivity index (χ0v) is 11.6. The van der Waals surface area contributed by atoms with Gasteiger partial charge in [0.2, 0.25) is 5.82 Å². The van der Waals surface area contributed by atoms with E-state index in [2.05, 4.69) is 10.1 Å². The first-order valence-corrected chi connectivity index (χ1v) is 6.59. The van der Waals surface area contributed by atoms with Gasteiger partial charge in [0, 0.05) is 11.3 Å². The third kappa shape index (κ3) is 3.02. The largest absolute Gasteiger partial charge is 0.485 e. The third-order valence-corrected chi connectivity index (χ3v) is 3.07. The number of nitrogens with two attached hydrogens (primary N) is 1. The average molecular weight is 281 g/mol. The lowest BCUT2D eigenvalue weighted by Gasteiger charge is -2.02. The molecule has 0 unspecified atom stereocenters. The fraction of sp³-hybridized carbons (Fsp3) is 0.125. The topological polar surface area (TPSA) is 74.2 Å². The smallest absolute Gasteiger partial charge is 0.258 e. The summed E-state index contributed by atoms with van der Waals surface area (Å²) in [4.78, 5) is 4.34. The Hall–Kier alpha value is -2.82. The van der Waals surface area contributed by atoms with Crippen molar-refractivity contribution in [1.29, 1.82) is 0 Å². The molecular formula is C16H15N3O2. The summed E-state index contributed by atoms with van der Waals surface area (Å²) >= 11 is 0. The molecule has 0 atom stereocenters. The molecule has 0 aliphatic carbocycles. The van der Waals surface area contributed by atoms with Gasteiger partial charge in [0.25, 0.3) is 5.89 Å². The van der Waals surface area contributed by atoms with Gasteiger partial charge in [0.1, 0.15) is 5.75 Å². The number of nitrogens with zero attached hydrogens (tertiary/aromatic N) is 2. The van der Waals surface area contributed by atoms with Gasteiger partial charge < -0.3 is 15.0 Å². The van der Waals surface area contributed by atoms with E-state index in [1.807, 2.05) is 55.5 Å². The van der Waals surface area contributed by atoms with E-state index < -0.39 is 0 Å². The lowest BCUT2D eigenvalue weighted by atomic mass is 10.1. The molecule has 0 fully saturated rings. The van der Waals surface area contributed by atoms with Gasteiger partial charge in [-0.15, -0.1) is 0 Å². The van der Waals surface area contributed by atoms with Crippen LogP contribution < -0.4 is 10.5 Å². The predicted molar refractivity (Wildman–Crippen MR) is 79.7 cm³/mol. The standard InChI is InChI=1S/C16H15N3O2/c1-11-7-8-12(17)9-14(11)16-18-15(19-21-16)10-20-13-5-3-2-4-6-13/h2-9H,10,17H2,1H3. The van der Waals surface area contributed by atoms with Crippen LogP contribution in [0.15, 0.2) is 53.1 Å². The quantitative estimate of drug-likeness (QED) is 0.743. The van der Waals surface area contributed by atoms with Gasteiger partial charge in [-0.05, 0) is 36.8 Å². The molecule has 0 saturated carbocycles. The normalized spacial score (nSPS) is 10.5. The summed E-state index contributed by atoms with van der Waals surface area (Å²) in [6, 6.07) is 15.1. The molecule has 3 aromatic rings. The zero-order valence-electron chi connectivity index (χ0n) is 11.6. The van der Waals surface area contributed by atoms with E-state index in [0.717, 1.165) is 16.9 Å². The molecule has 0 radical (unpaired) electrons. The molecule has 3 rings (SSSR count). The maximum absolute atomic E-state index is 5.79. The van der Waals surface area contributed by atoms with Crippen molar-refractivity contribution in [3.05, 3.63) is 59.9 Å². The number of para-hydroxylation sites is 1. The van der Waals surface area contributed by atoms with Crippen LogP contribution in [0.3, 0.4) is 0 Å².